The maximum absolute atomic E-state index is 12.7. The molecule has 0 unspecified atom stereocenters. The van der Waals surface area contributed by atoms with Crippen LogP contribution in [0.5, 0.6) is 0 Å². The van der Waals surface area contributed by atoms with Gasteiger partial charge in [-0.2, -0.15) is 0 Å². The number of carbonyl (C=O) groups is 3. The third-order valence-electron chi connectivity index (χ3n) is 4.54. The predicted octanol–water partition coefficient (Wildman–Crippen LogP) is 3.98. The fraction of sp³-hybridized carbons (Fsp3) is 0.500. The number of ether oxygens (including phenoxy) is 1. The molecule has 3 amide bonds. The van der Waals surface area contributed by atoms with Gasteiger partial charge in [0.2, 0.25) is 5.91 Å². The minimum absolute atomic E-state index is 0.0604. The highest BCUT2D eigenvalue weighted by Crippen LogP contribution is 2.31. The van der Waals surface area contributed by atoms with Crippen molar-refractivity contribution in [2.45, 2.75) is 60.1 Å². The molecule has 7 nitrogen and oxygen atoms in total. The summed E-state index contributed by atoms with van der Waals surface area (Å²) >= 11 is 0. The van der Waals surface area contributed by atoms with E-state index in [1.807, 2.05) is 20.8 Å². The van der Waals surface area contributed by atoms with Gasteiger partial charge in [-0.1, -0.05) is 32.9 Å². The molecule has 7 heteroatoms. The van der Waals surface area contributed by atoms with Gasteiger partial charge in [0.15, 0.2) is 0 Å². The normalized spacial score (nSPS) is 17.3. The Bertz CT molecular complexity index is 819. The van der Waals surface area contributed by atoms with Gasteiger partial charge in [0.1, 0.15) is 0 Å². The first kappa shape index (κ1) is 22.5. The molecule has 1 aromatic carbocycles. The van der Waals surface area contributed by atoms with Crippen LogP contribution in [0.3, 0.4) is 0 Å². The largest absolute Gasteiger partial charge is 0.459 e. The van der Waals surface area contributed by atoms with Crippen molar-refractivity contribution in [1.82, 2.24) is 10.2 Å². The first-order chi connectivity index (χ1) is 13.4. The van der Waals surface area contributed by atoms with Crippen LogP contribution in [0.25, 0.3) is 0 Å². The number of carbonyl (C=O) groups excluding carboxylic acids is 3. The van der Waals surface area contributed by atoms with Gasteiger partial charge in [0.25, 0.3) is 0 Å². The number of allylic oxidation sites excluding steroid dienone is 1. The lowest BCUT2D eigenvalue weighted by Gasteiger charge is -2.33. The fourth-order valence-electron chi connectivity index (χ4n) is 3.07. The summed E-state index contributed by atoms with van der Waals surface area (Å²) in [5.74, 6) is -0.522. The Morgan fingerprint density at radius 1 is 1.21 bits per heavy atom. The molecule has 0 spiro atoms. The number of hydrogen-bond acceptors (Lipinski definition) is 4. The summed E-state index contributed by atoms with van der Waals surface area (Å²) in [7, 11) is 1.61. The van der Waals surface area contributed by atoms with Crippen molar-refractivity contribution in [3.05, 3.63) is 41.1 Å². The molecule has 1 aliphatic heterocycles. The standard InChI is InChI=1S/C22H31N3O4/c1-13(2)29-20(27)18-14(3)25(7)21(28)24-19(18)15-8-10-16(11-9-15)23-17(26)12-22(4,5)6/h8-11,13,19H,12H2,1-7H3,(H,23,26)(H,24,28)/t19-/m0/s1. The Morgan fingerprint density at radius 2 is 1.79 bits per heavy atom. The van der Waals surface area contributed by atoms with Crippen molar-refractivity contribution in [3.8, 4) is 0 Å². The molecular weight excluding hydrogens is 370 g/mol. The van der Waals surface area contributed by atoms with Crippen LogP contribution in [-0.4, -0.2) is 36.0 Å². The summed E-state index contributed by atoms with van der Waals surface area (Å²) in [5.41, 5.74) is 2.23. The zero-order valence-electron chi connectivity index (χ0n) is 18.3. The van der Waals surface area contributed by atoms with E-state index in [0.29, 0.717) is 23.4 Å². The zero-order valence-corrected chi connectivity index (χ0v) is 18.3. The van der Waals surface area contributed by atoms with Gasteiger partial charge >= 0.3 is 12.0 Å². The first-order valence-corrected chi connectivity index (χ1v) is 9.75. The molecule has 2 N–H and O–H groups in total. The van der Waals surface area contributed by atoms with Gasteiger partial charge in [-0.15, -0.1) is 0 Å². The molecule has 0 fully saturated rings. The maximum Gasteiger partial charge on any atom is 0.338 e. The van der Waals surface area contributed by atoms with Gasteiger partial charge in [0, 0.05) is 24.9 Å². The number of nitrogens with one attached hydrogen (secondary N) is 2. The minimum Gasteiger partial charge on any atom is -0.459 e. The number of hydrogen-bond donors (Lipinski definition) is 2. The smallest absolute Gasteiger partial charge is 0.338 e. The van der Waals surface area contributed by atoms with E-state index in [2.05, 4.69) is 10.6 Å². The second kappa shape index (κ2) is 8.68. The van der Waals surface area contributed by atoms with E-state index in [1.54, 1.807) is 52.1 Å². The lowest BCUT2D eigenvalue weighted by atomic mass is 9.92. The molecular formula is C22H31N3O4. The predicted molar refractivity (Wildman–Crippen MR) is 112 cm³/mol. The van der Waals surface area contributed by atoms with E-state index < -0.39 is 12.0 Å². The molecule has 1 atom stereocenters. The van der Waals surface area contributed by atoms with Gasteiger partial charge in [-0.3, -0.25) is 4.79 Å². The molecule has 0 radical (unpaired) electrons. The molecule has 0 saturated heterocycles. The van der Waals surface area contributed by atoms with Crippen LogP contribution in [-0.2, 0) is 14.3 Å². The summed E-state index contributed by atoms with van der Waals surface area (Å²) in [6, 6.07) is 6.19. The summed E-state index contributed by atoms with van der Waals surface area (Å²) in [5, 5.41) is 5.72. The Kier molecular flexibility index (Phi) is 6.72. The van der Waals surface area contributed by atoms with E-state index in [-0.39, 0.29) is 23.5 Å². The van der Waals surface area contributed by atoms with Crippen molar-refractivity contribution < 1.29 is 19.1 Å². The van der Waals surface area contributed by atoms with E-state index in [4.69, 9.17) is 4.74 Å². The number of esters is 1. The van der Waals surface area contributed by atoms with Crippen molar-refractivity contribution in [3.63, 3.8) is 0 Å². The fourth-order valence-corrected chi connectivity index (χ4v) is 3.07. The van der Waals surface area contributed by atoms with E-state index >= 15 is 0 Å². The van der Waals surface area contributed by atoms with Crippen LogP contribution < -0.4 is 10.6 Å². The molecule has 1 aliphatic rings. The number of urea groups is 1. The third-order valence-corrected chi connectivity index (χ3v) is 4.54. The van der Waals surface area contributed by atoms with E-state index in [0.717, 1.165) is 5.56 Å². The maximum atomic E-state index is 12.7. The van der Waals surface area contributed by atoms with E-state index in [9.17, 15) is 14.4 Å². The molecule has 29 heavy (non-hydrogen) atoms. The zero-order chi connectivity index (χ0) is 21.9. The Balaban J connectivity index is 2.27. The highest BCUT2D eigenvalue weighted by atomic mass is 16.5. The van der Waals surface area contributed by atoms with Crippen LogP contribution in [0.4, 0.5) is 10.5 Å². The second-order valence-electron chi connectivity index (χ2n) is 8.80. The van der Waals surface area contributed by atoms with Crippen LogP contribution in [0.1, 0.15) is 59.6 Å². The number of rotatable bonds is 5. The minimum atomic E-state index is -0.621. The average molecular weight is 402 g/mol. The Hall–Kier alpha value is -2.83. The topological polar surface area (TPSA) is 87.7 Å². The van der Waals surface area contributed by atoms with Gasteiger partial charge in [-0.25, -0.2) is 9.59 Å². The highest BCUT2D eigenvalue weighted by molar-refractivity contribution is 5.95. The van der Waals surface area contributed by atoms with Gasteiger partial charge < -0.3 is 20.3 Å². The van der Waals surface area contributed by atoms with Gasteiger partial charge in [-0.05, 0) is 43.9 Å². The quantitative estimate of drug-likeness (QED) is 0.731. The van der Waals surface area contributed by atoms with Crippen LogP contribution in [0, 0.1) is 5.41 Å². The monoisotopic (exact) mass is 401 g/mol. The number of amides is 3. The van der Waals surface area contributed by atoms with Crippen molar-refractivity contribution in [2.75, 3.05) is 12.4 Å². The van der Waals surface area contributed by atoms with Crippen LogP contribution in [0.15, 0.2) is 35.5 Å². The van der Waals surface area contributed by atoms with Crippen LogP contribution >= 0.6 is 0 Å². The summed E-state index contributed by atoms with van der Waals surface area (Å²) < 4.78 is 5.39. The molecule has 2 rings (SSSR count). The van der Waals surface area contributed by atoms with Crippen molar-refractivity contribution in [1.29, 1.82) is 0 Å². The number of benzene rings is 1. The molecule has 0 aliphatic carbocycles. The SMILES string of the molecule is CC1=C(C(=O)OC(C)C)[C@H](c2ccc(NC(=O)CC(C)(C)C)cc2)NC(=O)N1C. The summed E-state index contributed by atoms with van der Waals surface area (Å²) in [6.45, 7) is 11.3. The molecule has 1 heterocycles. The number of nitrogens with zero attached hydrogens (tertiary/aromatic N) is 1. The molecule has 158 valence electrons. The Morgan fingerprint density at radius 3 is 2.31 bits per heavy atom. The third kappa shape index (κ3) is 5.82. The first-order valence-electron chi connectivity index (χ1n) is 9.75. The molecule has 1 aromatic rings. The average Bonchev–Trinajstić information content (AvgIpc) is 2.57. The molecule has 0 bridgehead atoms. The Labute approximate surface area is 172 Å². The lowest BCUT2D eigenvalue weighted by Crippen LogP contribution is -2.46. The molecule has 0 saturated carbocycles. The van der Waals surface area contributed by atoms with Gasteiger partial charge in [0.05, 0.1) is 17.7 Å². The van der Waals surface area contributed by atoms with Crippen LogP contribution in [0.2, 0.25) is 0 Å². The second-order valence-corrected chi connectivity index (χ2v) is 8.80. The van der Waals surface area contributed by atoms with Crippen molar-refractivity contribution >= 4 is 23.6 Å². The summed E-state index contributed by atoms with van der Waals surface area (Å²) in [6.07, 6.45) is 0.138. The number of anilines is 1. The summed E-state index contributed by atoms with van der Waals surface area (Å²) in [4.78, 5) is 38.5. The van der Waals surface area contributed by atoms with E-state index in [1.165, 1.54) is 4.90 Å². The highest BCUT2D eigenvalue weighted by Gasteiger charge is 2.35. The molecule has 0 aromatic heterocycles. The van der Waals surface area contributed by atoms with Crippen molar-refractivity contribution in [2.24, 2.45) is 5.41 Å². The lowest BCUT2D eigenvalue weighted by molar-refractivity contribution is -0.143.